The van der Waals surface area contributed by atoms with Crippen molar-refractivity contribution in [1.82, 2.24) is 19.5 Å². The van der Waals surface area contributed by atoms with Gasteiger partial charge in [-0.3, -0.25) is 4.79 Å². The SMILES string of the molecule is O=c1c(N2CCN(c3ccc4ncncc4c3)CC2)nccn1C1CC1. The Kier molecular flexibility index (Phi) is 3.58. The highest BCUT2D eigenvalue weighted by molar-refractivity contribution is 5.81. The Bertz CT molecular complexity index is 1000. The lowest BCUT2D eigenvalue weighted by Crippen LogP contribution is -2.48. The van der Waals surface area contributed by atoms with Gasteiger partial charge in [0.05, 0.1) is 5.52 Å². The lowest BCUT2D eigenvalue weighted by atomic mass is 10.2. The predicted molar refractivity (Wildman–Crippen MR) is 101 cm³/mol. The Morgan fingerprint density at radius 1 is 1.00 bits per heavy atom. The monoisotopic (exact) mass is 348 g/mol. The number of hydrogen-bond donors (Lipinski definition) is 0. The van der Waals surface area contributed by atoms with Gasteiger partial charge in [0, 0.05) is 61.9 Å². The molecule has 5 rings (SSSR count). The second-order valence-corrected chi connectivity index (χ2v) is 6.93. The lowest BCUT2D eigenvalue weighted by molar-refractivity contribution is 0.629. The van der Waals surface area contributed by atoms with Crippen LogP contribution in [0.25, 0.3) is 10.9 Å². The van der Waals surface area contributed by atoms with Crippen molar-refractivity contribution < 1.29 is 0 Å². The molecule has 3 heterocycles. The van der Waals surface area contributed by atoms with Crippen LogP contribution in [0.5, 0.6) is 0 Å². The third kappa shape index (κ3) is 2.69. The molecule has 0 atom stereocenters. The van der Waals surface area contributed by atoms with Crippen LogP contribution in [0.2, 0.25) is 0 Å². The van der Waals surface area contributed by atoms with E-state index in [1.807, 2.05) is 23.0 Å². The van der Waals surface area contributed by atoms with Crippen molar-refractivity contribution in [2.45, 2.75) is 18.9 Å². The number of nitrogens with zero attached hydrogens (tertiary/aromatic N) is 6. The highest BCUT2D eigenvalue weighted by Gasteiger charge is 2.27. The van der Waals surface area contributed by atoms with Crippen LogP contribution in [-0.2, 0) is 0 Å². The molecule has 2 aromatic heterocycles. The maximum atomic E-state index is 12.7. The molecule has 1 aliphatic carbocycles. The number of benzene rings is 1. The molecule has 0 spiro atoms. The standard InChI is InChI=1S/C19H20N6O/c26-19-18(21-5-6-25(19)15-1-2-15)24-9-7-23(8-10-24)16-3-4-17-14(11-16)12-20-13-22-17/h3-6,11-13,15H,1-2,7-10H2. The Labute approximate surface area is 150 Å². The third-order valence-electron chi connectivity index (χ3n) is 5.22. The van der Waals surface area contributed by atoms with Gasteiger partial charge in [0.15, 0.2) is 5.82 Å². The van der Waals surface area contributed by atoms with Gasteiger partial charge in [-0.05, 0) is 31.0 Å². The third-order valence-corrected chi connectivity index (χ3v) is 5.22. The molecule has 2 fully saturated rings. The van der Waals surface area contributed by atoms with Gasteiger partial charge in [0.25, 0.3) is 5.56 Å². The van der Waals surface area contributed by atoms with Gasteiger partial charge in [-0.25, -0.2) is 15.0 Å². The molecule has 7 heteroatoms. The van der Waals surface area contributed by atoms with Crippen molar-refractivity contribution in [1.29, 1.82) is 0 Å². The van der Waals surface area contributed by atoms with E-state index in [0.717, 1.165) is 49.9 Å². The van der Waals surface area contributed by atoms with E-state index in [1.54, 1.807) is 12.5 Å². The molecule has 132 valence electrons. The summed E-state index contributed by atoms with van der Waals surface area (Å²) in [6, 6.07) is 6.65. The van der Waals surface area contributed by atoms with Crippen LogP contribution in [-0.4, -0.2) is 45.7 Å². The molecule has 3 aromatic rings. The first-order chi connectivity index (χ1) is 12.8. The fourth-order valence-corrected chi connectivity index (χ4v) is 3.62. The normalized spacial score (nSPS) is 17.7. The van der Waals surface area contributed by atoms with Crippen LogP contribution in [0.15, 0.2) is 47.9 Å². The number of piperazine rings is 1. The van der Waals surface area contributed by atoms with E-state index in [1.165, 1.54) is 5.69 Å². The first-order valence-electron chi connectivity index (χ1n) is 9.06. The molecule has 0 amide bonds. The summed E-state index contributed by atoms with van der Waals surface area (Å²) in [7, 11) is 0. The fraction of sp³-hybridized carbons (Fsp3) is 0.368. The van der Waals surface area contributed by atoms with Gasteiger partial charge >= 0.3 is 0 Å². The topological polar surface area (TPSA) is 67.2 Å². The first kappa shape index (κ1) is 15.3. The Hall–Kier alpha value is -2.96. The minimum atomic E-state index is 0.0475. The quantitative estimate of drug-likeness (QED) is 0.720. The average Bonchev–Trinajstić information content (AvgIpc) is 3.53. The van der Waals surface area contributed by atoms with Crippen molar-refractivity contribution >= 4 is 22.4 Å². The van der Waals surface area contributed by atoms with Crippen LogP contribution < -0.4 is 15.4 Å². The number of anilines is 2. The summed E-state index contributed by atoms with van der Waals surface area (Å²) in [5.74, 6) is 0.589. The van der Waals surface area contributed by atoms with Gasteiger partial charge in [-0.2, -0.15) is 0 Å². The molecule has 26 heavy (non-hydrogen) atoms. The molecule has 0 bridgehead atoms. The summed E-state index contributed by atoms with van der Waals surface area (Å²) < 4.78 is 1.85. The highest BCUT2D eigenvalue weighted by atomic mass is 16.1. The maximum absolute atomic E-state index is 12.7. The summed E-state index contributed by atoms with van der Waals surface area (Å²) in [5, 5.41) is 1.05. The molecule has 7 nitrogen and oxygen atoms in total. The molecule has 0 unspecified atom stereocenters. The second kappa shape index (κ2) is 6.09. The van der Waals surface area contributed by atoms with Gasteiger partial charge in [-0.1, -0.05) is 0 Å². The van der Waals surface area contributed by atoms with Crippen molar-refractivity contribution in [2.24, 2.45) is 0 Å². The van der Waals surface area contributed by atoms with E-state index in [-0.39, 0.29) is 5.56 Å². The molecule has 1 aliphatic heterocycles. The van der Waals surface area contributed by atoms with E-state index >= 15 is 0 Å². The summed E-state index contributed by atoms with van der Waals surface area (Å²) >= 11 is 0. The molecule has 0 N–H and O–H groups in total. The van der Waals surface area contributed by atoms with Gasteiger partial charge in [0.1, 0.15) is 6.33 Å². The Morgan fingerprint density at radius 2 is 1.81 bits per heavy atom. The number of hydrogen-bond acceptors (Lipinski definition) is 6. The zero-order chi connectivity index (χ0) is 17.5. The zero-order valence-corrected chi connectivity index (χ0v) is 14.5. The van der Waals surface area contributed by atoms with Gasteiger partial charge < -0.3 is 14.4 Å². The van der Waals surface area contributed by atoms with Gasteiger partial charge in [0.2, 0.25) is 0 Å². The Morgan fingerprint density at radius 3 is 2.62 bits per heavy atom. The van der Waals surface area contributed by atoms with E-state index in [2.05, 4.69) is 36.9 Å². The van der Waals surface area contributed by atoms with Crippen molar-refractivity contribution in [3.63, 3.8) is 0 Å². The molecule has 1 saturated heterocycles. The van der Waals surface area contributed by atoms with Crippen LogP contribution >= 0.6 is 0 Å². The lowest BCUT2D eigenvalue weighted by Gasteiger charge is -2.36. The maximum Gasteiger partial charge on any atom is 0.293 e. The molecular formula is C19H20N6O. The van der Waals surface area contributed by atoms with Crippen molar-refractivity contribution in [2.75, 3.05) is 36.0 Å². The Balaban J connectivity index is 1.34. The van der Waals surface area contributed by atoms with Gasteiger partial charge in [-0.15, -0.1) is 0 Å². The fourth-order valence-electron chi connectivity index (χ4n) is 3.62. The minimum absolute atomic E-state index is 0.0475. The van der Waals surface area contributed by atoms with E-state index in [9.17, 15) is 4.79 Å². The number of fused-ring (bicyclic) bond motifs is 1. The summed E-state index contributed by atoms with van der Waals surface area (Å²) in [4.78, 5) is 29.9. The summed E-state index contributed by atoms with van der Waals surface area (Å²) in [5.41, 5.74) is 2.17. The highest BCUT2D eigenvalue weighted by Crippen LogP contribution is 2.33. The minimum Gasteiger partial charge on any atom is -0.368 e. The van der Waals surface area contributed by atoms with E-state index in [0.29, 0.717) is 11.9 Å². The average molecular weight is 348 g/mol. The first-order valence-corrected chi connectivity index (χ1v) is 9.06. The van der Waals surface area contributed by atoms with Crippen molar-refractivity contribution in [3.05, 3.63) is 53.5 Å². The smallest absolute Gasteiger partial charge is 0.293 e. The predicted octanol–water partition coefficient (Wildman–Crippen LogP) is 1.85. The number of aromatic nitrogens is 4. The van der Waals surface area contributed by atoms with Crippen molar-refractivity contribution in [3.8, 4) is 0 Å². The molecule has 0 radical (unpaired) electrons. The summed E-state index contributed by atoms with van der Waals surface area (Å²) in [6.07, 6.45) is 9.19. The van der Waals surface area contributed by atoms with Crippen LogP contribution in [0, 0.1) is 0 Å². The van der Waals surface area contributed by atoms with Crippen LogP contribution in [0.1, 0.15) is 18.9 Å². The van der Waals surface area contributed by atoms with E-state index < -0.39 is 0 Å². The van der Waals surface area contributed by atoms with E-state index in [4.69, 9.17) is 0 Å². The molecular weight excluding hydrogens is 328 g/mol. The number of rotatable bonds is 3. The second-order valence-electron chi connectivity index (χ2n) is 6.93. The molecule has 2 aliphatic rings. The van der Waals surface area contributed by atoms with Crippen LogP contribution in [0.4, 0.5) is 11.5 Å². The summed E-state index contributed by atoms with van der Waals surface area (Å²) in [6.45, 7) is 3.30. The molecule has 1 aromatic carbocycles. The van der Waals surface area contributed by atoms with Crippen LogP contribution in [0.3, 0.4) is 0 Å². The zero-order valence-electron chi connectivity index (χ0n) is 14.5. The molecule has 1 saturated carbocycles. The largest absolute Gasteiger partial charge is 0.368 e.